The van der Waals surface area contributed by atoms with E-state index in [4.69, 9.17) is 21.4 Å². The quantitative estimate of drug-likeness (QED) is 0.445. The van der Waals surface area contributed by atoms with Gasteiger partial charge in [0, 0.05) is 17.3 Å². The largest absolute Gasteiger partial charge is 0.484 e. The Morgan fingerprint density at radius 3 is 2.70 bits per heavy atom. The molecule has 0 atom stereocenters. The van der Waals surface area contributed by atoms with Gasteiger partial charge >= 0.3 is 0 Å². The number of carbonyl (C=O) groups is 1. The predicted octanol–water partition coefficient (Wildman–Crippen LogP) is 3.51. The third-order valence-electron chi connectivity index (χ3n) is 4.04. The molecule has 2 aromatic carbocycles. The van der Waals surface area contributed by atoms with Crippen LogP contribution in [0.25, 0.3) is 21.9 Å². The van der Waals surface area contributed by atoms with Gasteiger partial charge in [-0.3, -0.25) is 15.6 Å². The highest BCUT2D eigenvalue weighted by atomic mass is 32.1. The summed E-state index contributed by atoms with van der Waals surface area (Å²) in [5.41, 5.74) is 6.79. The third kappa shape index (κ3) is 5.10. The molecule has 3 N–H and O–H groups in total. The molecule has 0 unspecified atom stereocenters. The number of ether oxygens (including phenoxy) is 1. The minimum absolute atomic E-state index is 0.122. The van der Waals surface area contributed by atoms with E-state index >= 15 is 0 Å². The molecule has 0 aliphatic heterocycles. The van der Waals surface area contributed by atoms with Crippen molar-refractivity contribution in [1.29, 1.82) is 0 Å². The van der Waals surface area contributed by atoms with Gasteiger partial charge in [0.1, 0.15) is 16.9 Å². The predicted molar refractivity (Wildman–Crippen MR) is 111 cm³/mol. The zero-order valence-electron chi connectivity index (χ0n) is 15.4. The fraction of sp³-hybridized carbons (Fsp3) is 0.300. The molecule has 1 heterocycles. The first kappa shape index (κ1) is 19.0. The Kier molecular flexibility index (Phi) is 6.13. The average molecular weight is 385 g/mol. The van der Waals surface area contributed by atoms with Crippen LogP contribution in [0.15, 0.2) is 46.9 Å². The molecule has 1 aromatic heterocycles. The molecule has 3 aromatic rings. The first-order valence-corrected chi connectivity index (χ1v) is 9.30. The summed E-state index contributed by atoms with van der Waals surface area (Å²) in [5, 5.41) is 5.39. The van der Waals surface area contributed by atoms with Gasteiger partial charge in [-0.2, -0.15) is 0 Å². The van der Waals surface area contributed by atoms with Gasteiger partial charge < -0.3 is 14.5 Å². The van der Waals surface area contributed by atoms with Crippen LogP contribution in [0, 0.1) is 5.92 Å². The molecule has 3 rings (SSSR count). The number of para-hydroxylation sites is 1. The number of amides is 1. The summed E-state index contributed by atoms with van der Waals surface area (Å²) >= 11 is 5.10. The SMILES string of the molecule is CC(C)CCNC(=S)NNC(=O)COc1ccc2oc3ccccc3c2c1. The lowest BCUT2D eigenvalue weighted by atomic mass is 10.1. The Morgan fingerprint density at radius 2 is 1.89 bits per heavy atom. The lowest BCUT2D eigenvalue weighted by Crippen LogP contribution is -2.48. The van der Waals surface area contributed by atoms with Gasteiger partial charge in [0.25, 0.3) is 5.91 Å². The van der Waals surface area contributed by atoms with Crippen LogP contribution >= 0.6 is 12.2 Å². The van der Waals surface area contributed by atoms with Crippen LogP contribution in [0.3, 0.4) is 0 Å². The van der Waals surface area contributed by atoms with Crippen LogP contribution in [-0.2, 0) is 4.79 Å². The van der Waals surface area contributed by atoms with Gasteiger partial charge in [-0.15, -0.1) is 0 Å². The summed E-state index contributed by atoms with van der Waals surface area (Å²) in [5.74, 6) is 0.870. The van der Waals surface area contributed by atoms with E-state index in [1.807, 2.05) is 36.4 Å². The van der Waals surface area contributed by atoms with Crippen molar-refractivity contribution >= 4 is 45.2 Å². The monoisotopic (exact) mass is 385 g/mol. The Balaban J connectivity index is 1.50. The molecule has 0 bridgehead atoms. The number of benzene rings is 2. The zero-order valence-corrected chi connectivity index (χ0v) is 16.2. The maximum absolute atomic E-state index is 11.9. The van der Waals surface area contributed by atoms with Crippen molar-refractivity contribution in [1.82, 2.24) is 16.2 Å². The number of thiocarbonyl (C=S) groups is 1. The zero-order chi connectivity index (χ0) is 19.2. The average Bonchev–Trinajstić information content (AvgIpc) is 3.02. The second kappa shape index (κ2) is 8.73. The smallest absolute Gasteiger partial charge is 0.276 e. The van der Waals surface area contributed by atoms with Gasteiger partial charge in [0.15, 0.2) is 11.7 Å². The summed E-state index contributed by atoms with van der Waals surface area (Å²) in [6.07, 6.45) is 1.00. The van der Waals surface area contributed by atoms with Crippen molar-refractivity contribution in [3.63, 3.8) is 0 Å². The Bertz CT molecular complexity index is 952. The minimum atomic E-state index is -0.319. The van der Waals surface area contributed by atoms with Crippen molar-refractivity contribution in [2.45, 2.75) is 20.3 Å². The van der Waals surface area contributed by atoms with E-state index in [9.17, 15) is 4.79 Å². The Hall–Kier alpha value is -2.80. The van der Waals surface area contributed by atoms with Crippen LogP contribution < -0.4 is 20.9 Å². The van der Waals surface area contributed by atoms with Crippen LogP contribution in [0.4, 0.5) is 0 Å². The van der Waals surface area contributed by atoms with E-state index in [0.29, 0.717) is 16.8 Å². The van der Waals surface area contributed by atoms with Crippen LogP contribution in [0.1, 0.15) is 20.3 Å². The number of carbonyl (C=O) groups excluding carboxylic acids is 1. The summed E-state index contributed by atoms with van der Waals surface area (Å²) in [7, 11) is 0. The molecule has 6 nitrogen and oxygen atoms in total. The molecule has 0 spiro atoms. The van der Waals surface area contributed by atoms with Crippen LogP contribution in [0.2, 0.25) is 0 Å². The van der Waals surface area contributed by atoms with Gasteiger partial charge in [-0.05, 0) is 48.8 Å². The molecule has 0 saturated carbocycles. The molecule has 0 aliphatic rings. The number of furan rings is 1. The lowest BCUT2D eigenvalue weighted by Gasteiger charge is -2.12. The van der Waals surface area contributed by atoms with E-state index in [0.717, 1.165) is 34.9 Å². The molecule has 0 saturated heterocycles. The normalized spacial score (nSPS) is 10.9. The van der Waals surface area contributed by atoms with Gasteiger partial charge in [-0.1, -0.05) is 32.0 Å². The van der Waals surface area contributed by atoms with E-state index in [1.165, 1.54) is 0 Å². The van der Waals surface area contributed by atoms with Crippen molar-refractivity contribution < 1.29 is 13.9 Å². The molecule has 142 valence electrons. The van der Waals surface area contributed by atoms with E-state index < -0.39 is 0 Å². The number of rotatable bonds is 6. The van der Waals surface area contributed by atoms with Gasteiger partial charge in [0.05, 0.1) is 0 Å². The molecular weight excluding hydrogens is 362 g/mol. The number of hydrazine groups is 1. The first-order chi connectivity index (χ1) is 13.0. The molecule has 1 amide bonds. The van der Waals surface area contributed by atoms with E-state index in [1.54, 1.807) is 6.07 Å². The highest BCUT2D eigenvalue weighted by Crippen LogP contribution is 2.31. The molecule has 7 heteroatoms. The van der Waals surface area contributed by atoms with Gasteiger partial charge in [0.2, 0.25) is 0 Å². The lowest BCUT2D eigenvalue weighted by molar-refractivity contribution is -0.123. The Morgan fingerprint density at radius 1 is 1.11 bits per heavy atom. The maximum atomic E-state index is 11.9. The summed E-state index contributed by atoms with van der Waals surface area (Å²) in [6.45, 7) is 4.92. The number of nitrogens with one attached hydrogen (secondary N) is 3. The molecule has 27 heavy (non-hydrogen) atoms. The third-order valence-corrected chi connectivity index (χ3v) is 4.29. The fourth-order valence-corrected chi connectivity index (χ4v) is 2.78. The van der Waals surface area contributed by atoms with Crippen molar-refractivity contribution in [2.75, 3.05) is 13.2 Å². The van der Waals surface area contributed by atoms with Gasteiger partial charge in [-0.25, -0.2) is 0 Å². The van der Waals surface area contributed by atoms with Crippen LogP contribution in [0.5, 0.6) is 5.75 Å². The first-order valence-electron chi connectivity index (χ1n) is 8.89. The standard InChI is InChI=1S/C20H23N3O3S/c1-13(2)9-10-21-20(27)23-22-19(24)12-25-14-7-8-18-16(11-14)15-5-3-4-6-17(15)26-18/h3-8,11,13H,9-10,12H2,1-2H3,(H,22,24)(H2,21,23,27). The highest BCUT2D eigenvalue weighted by molar-refractivity contribution is 7.80. The van der Waals surface area contributed by atoms with Crippen molar-refractivity contribution in [3.05, 3.63) is 42.5 Å². The fourth-order valence-electron chi connectivity index (χ4n) is 2.62. The Labute approximate surface area is 163 Å². The summed E-state index contributed by atoms with van der Waals surface area (Å²) in [6, 6.07) is 13.3. The summed E-state index contributed by atoms with van der Waals surface area (Å²) in [4.78, 5) is 11.9. The van der Waals surface area contributed by atoms with Crippen molar-refractivity contribution in [3.8, 4) is 5.75 Å². The van der Waals surface area contributed by atoms with Crippen LogP contribution in [-0.4, -0.2) is 24.2 Å². The number of hydrogen-bond acceptors (Lipinski definition) is 4. The molecule has 0 fully saturated rings. The molecule has 0 aliphatic carbocycles. The second-order valence-corrected chi connectivity index (χ2v) is 7.06. The van der Waals surface area contributed by atoms with Crippen molar-refractivity contribution in [2.24, 2.45) is 5.92 Å². The summed E-state index contributed by atoms with van der Waals surface area (Å²) < 4.78 is 11.4. The number of fused-ring (bicyclic) bond motifs is 3. The second-order valence-electron chi connectivity index (χ2n) is 6.66. The molecule has 0 radical (unpaired) electrons. The van der Waals surface area contributed by atoms with E-state index in [-0.39, 0.29) is 12.5 Å². The maximum Gasteiger partial charge on any atom is 0.276 e. The topological polar surface area (TPSA) is 75.5 Å². The van der Waals surface area contributed by atoms with E-state index in [2.05, 4.69) is 30.0 Å². The molecular formula is C20H23N3O3S. The highest BCUT2D eigenvalue weighted by Gasteiger charge is 2.09. The minimum Gasteiger partial charge on any atom is -0.484 e. The number of hydrogen-bond donors (Lipinski definition) is 3.